The number of anilines is 1. The number of benzene rings is 1. The van der Waals surface area contributed by atoms with Crippen LogP contribution in [0.3, 0.4) is 0 Å². The molecule has 1 aromatic carbocycles. The van der Waals surface area contributed by atoms with Gasteiger partial charge in [0.05, 0.1) is 5.69 Å². The lowest BCUT2D eigenvalue weighted by Crippen LogP contribution is -2.45. The molecule has 25 heavy (non-hydrogen) atoms. The van der Waals surface area contributed by atoms with Gasteiger partial charge in [0.1, 0.15) is 6.54 Å². The summed E-state index contributed by atoms with van der Waals surface area (Å²) >= 11 is 13.2. The number of nitrogens with zero attached hydrogens (tertiary/aromatic N) is 3. The standard InChI is InChI=1S/C16H19Cl2N3O3S/c1-4-5-25-21(10(2)3)16(24)19-9-14(22)20(15(19)23)13-7-11(17)6-12(18)8-13/h6-8,10H,4-5,9H2,1-3H3. The van der Waals surface area contributed by atoms with Gasteiger partial charge in [-0.05, 0) is 50.4 Å². The van der Waals surface area contributed by atoms with Crippen molar-refractivity contribution >= 4 is 58.8 Å². The zero-order chi connectivity index (χ0) is 18.7. The topological polar surface area (TPSA) is 60.9 Å². The van der Waals surface area contributed by atoms with Crippen molar-refractivity contribution in [1.29, 1.82) is 0 Å². The van der Waals surface area contributed by atoms with Crippen molar-refractivity contribution in [1.82, 2.24) is 9.21 Å². The Labute approximate surface area is 161 Å². The average molecular weight is 404 g/mol. The highest BCUT2D eigenvalue weighted by Crippen LogP contribution is 2.29. The zero-order valence-electron chi connectivity index (χ0n) is 14.2. The van der Waals surface area contributed by atoms with Gasteiger partial charge in [-0.15, -0.1) is 0 Å². The molecule has 136 valence electrons. The van der Waals surface area contributed by atoms with E-state index in [4.69, 9.17) is 23.2 Å². The van der Waals surface area contributed by atoms with Gasteiger partial charge in [0, 0.05) is 21.8 Å². The molecule has 0 N–H and O–H groups in total. The fraction of sp³-hybridized carbons (Fsp3) is 0.438. The van der Waals surface area contributed by atoms with E-state index >= 15 is 0 Å². The van der Waals surface area contributed by atoms with Crippen molar-refractivity contribution in [2.45, 2.75) is 33.2 Å². The summed E-state index contributed by atoms with van der Waals surface area (Å²) in [6.45, 7) is 5.41. The Kier molecular flexibility index (Phi) is 6.59. The zero-order valence-corrected chi connectivity index (χ0v) is 16.5. The quantitative estimate of drug-likeness (QED) is 0.530. The van der Waals surface area contributed by atoms with Gasteiger partial charge in [-0.2, -0.15) is 0 Å². The largest absolute Gasteiger partial charge is 0.340 e. The van der Waals surface area contributed by atoms with Crippen molar-refractivity contribution in [3.05, 3.63) is 28.2 Å². The summed E-state index contributed by atoms with van der Waals surface area (Å²) in [7, 11) is 0. The Balaban J connectivity index is 2.26. The molecule has 0 radical (unpaired) electrons. The molecule has 9 heteroatoms. The molecule has 0 spiro atoms. The molecular formula is C16H19Cl2N3O3S. The molecule has 1 heterocycles. The second-order valence-corrected chi connectivity index (χ2v) is 7.69. The summed E-state index contributed by atoms with van der Waals surface area (Å²) in [6.07, 6.45) is 0.890. The van der Waals surface area contributed by atoms with Gasteiger partial charge in [0.15, 0.2) is 0 Å². The van der Waals surface area contributed by atoms with Gasteiger partial charge in [-0.25, -0.2) is 19.4 Å². The normalized spacial score (nSPS) is 14.6. The minimum Gasteiger partial charge on any atom is -0.272 e. The van der Waals surface area contributed by atoms with Gasteiger partial charge in [-0.3, -0.25) is 9.10 Å². The van der Waals surface area contributed by atoms with Gasteiger partial charge < -0.3 is 0 Å². The van der Waals surface area contributed by atoms with E-state index in [9.17, 15) is 14.4 Å². The fourth-order valence-electron chi connectivity index (χ4n) is 2.31. The van der Waals surface area contributed by atoms with Crippen LogP contribution in [0.4, 0.5) is 15.3 Å². The number of urea groups is 2. The van der Waals surface area contributed by atoms with Crippen LogP contribution in [-0.4, -0.2) is 45.5 Å². The van der Waals surface area contributed by atoms with E-state index in [-0.39, 0.29) is 18.3 Å². The minimum absolute atomic E-state index is 0.110. The van der Waals surface area contributed by atoms with Crippen LogP contribution >= 0.6 is 35.1 Å². The molecule has 0 aromatic heterocycles. The van der Waals surface area contributed by atoms with Crippen molar-refractivity contribution in [3.8, 4) is 0 Å². The van der Waals surface area contributed by atoms with Crippen LogP contribution in [0.25, 0.3) is 0 Å². The minimum atomic E-state index is -0.698. The molecule has 0 saturated carbocycles. The SMILES string of the molecule is CCCSN(C(=O)N1CC(=O)N(c2cc(Cl)cc(Cl)c2)C1=O)C(C)C. The number of hydrogen-bond donors (Lipinski definition) is 0. The number of carbonyl (C=O) groups is 3. The Morgan fingerprint density at radius 2 is 1.84 bits per heavy atom. The van der Waals surface area contributed by atoms with E-state index < -0.39 is 18.0 Å². The fourth-order valence-corrected chi connectivity index (χ4v) is 3.71. The third-order valence-corrected chi connectivity index (χ3v) is 5.28. The lowest BCUT2D eigenvalue weighted by Gasteiger charge is -2.28. The summed E-state index contributed by atoms with van der Waals surface area (Å²) in [4.78, 5) is 39.6. The predicted molar refractivity (Wildman–Crippen MR) is 101 cm³/mol. The smallest absolute Gasteiger partial charge is 0.272 e. The molecule has 1 aromatic rings. The monoisotopic (exact) mass is 403 g/mol. The van der Waals surface area contributed by atoms with E-state index in [1.165, 1.54) is 34.5 Å². The number of halogens is 2. The van der Waals surface area contributed by atoms with Gasteiger partial charge in [0.2, 0.25) is 0 Å². The van der Waals surface area contributed by atoms with Crippen molar-refractivity contribution < 1.29 is 14.4 Å². The Morgan fingerprint density at radius 3 is 2.36 bits per heavy atom. The highest BCUT2D eigenvalue weighted by Gasteiger charge is 2.43. The van der Waals surface area contributed by atoms with Gasteiger partial charge in [-0.1, -0.05) is 30.1 Å². The van der Waals surface area contributed by atoms with E-state index in [2.05, 4.69) is 0 Å². The summed E-state index contributed by atoms with van der Waals surface area (Å²) in [6, 6.07) is 3.12. The molecule has 0 aliphatic carbocycles. The van der Waals surface area contributed by atoms with Crippen LogP contribution in [0.2, 0.25) is 10.0 Å². The molecule has 6 nitrogen and oxygen atoms in total. The molecule has 1 aliphatic heterocycles. The molecule has 1 saturated heterocycles. The molecule has 5 amide bonds. The first-order chi connectivity index (χ1) is 11.8. The molecular weight excluding hydrogens is 385 g/mol. The van der Waals surface area contributed by atoms with Crippen LogP contribution in [0.1, 0.15) is 27.2 Å². The van der Waals surface area contributed by atoms with Crippen molar-refractivity contribution in [2.75, 3.05) is 17.2 Å². The summed E-state index contributed by atoms with van der Waals surface area (Å²) in [5.74, 6) is 0.244. The highest BCUT2D eigenvalue weighted by atomic mass is 35.5. The molecule has 0 atom stereocenters. The number of carbonyl (C=O) groups excluding carboxylic acids is 3. The number of rotatable bonds is 5. The summed E-state index contributed by atoms with van der Waals surface area (Å²) in [5, 5.41) is 0.602. The maximum atomic E-state index is 12.7. The first kappa shape index (κ1) is 19.9. The predicted octanol–water partition coefficient (Wildman–Crippen LogP) is 4.65. The van der Waals surface area contributed by atoms with Crippen LogP contribution in [0.15, 0.2) is 18.2 Å². The first-order valence-corrected chi connectivity index (χ1v) is 9.52. The Hall–Kier alpha value is -1.44. The molecule has 1 aliphatic rings. The van der Waals surface area contributed by atoms with Gasteiger partial charge in [0.25, 0.3) is 5.91 Å². The van der Waals surface area contributed by atoms with E-state index in [1.807, 2.05) is 20.8 Å². The third-order valence-electron chi connectivity index (χ3n) is 3.39. The summed E-state index contributed by atoms with van der Waals surface area (Å²) in [5.41, 5.74) is 0.250. The lowest BCUT2D eigenvalue weighted by atomic mass is 10.3. The average Bonchev–Trinajstić information content (AvgIpc) is 2.81. The number of imide groups is 2. The Morgan fingerprint density at radius 1 is 1.24 bits per heavy atom. The molecule has 0 unspecified atom stereocenters. The second kappa shape index (κ2) is 8.29. The summed E-state index contributed by atoms with van der Waals surface area (Å²) < 4.78 is 1.52. The van der Waals surface area contributed by atoms with Crippen molar-refractivity contribution in [3.63, 3.8) is 0 Å². The van der Waals surface area contributed by atoms with Crippen molar-refractivity contribution in [2.24, 2.45) is 0 Å². The molecule has 0 bridgehead atoms. The Bertz CT molecular complexity index is 679. The third kappa shape index (κ3) is 4.40. The van der Waals surface area contributed by atoms with E-state index in [0.717, 1.165) is 22.0 Å². The number of hydrogen-bond acceptors (Lipinski definition) is 4. The lowest BCUT2D eigenvalue weighted by molar-refractivity contribution is -0.116. The van der Waals surface area contributed by atoms with E-state index in [1.54, 1.807) is 0 Å². The maximum Gasteiger partial charge on any atom is 0.340 e. The maximum absolute atomic E-state index is 12.7. The highest BCUT2D eigenvalue weighted by molar-refractivity contribution is 7.97. The van der Waals surface area contributed by atoms with E-state index in [0.29, 0.717) is 10.0 Å². The number of amides is 5. The van der Waals surface area contributed by atoms with Crippen LogP contribution in [-0.2, 0) is 4.79 Å². The van der Waals surface area contributed by atoms with Crippen LogP contribution < -0.4 is 4.90 Å². The second-order valence-electron chi connectivity index (χ2n) is 5.76. The first-order valence-electron chi connectivity index (χ1n) is 7.83. The molecule has 2 rings (SSSR count). The molecule has 1 fully saturated rings. The van der Waals surface area contributed by atoms with Gasteiger partial charge >= 0.3 is 12.1 Å². The van der Waals surface area contributed by atoms with Crippen LogP contribution in [0.5, 0.6) is 0 Å². The van der Waals surface area contributed by atoms with Crippen LogP contribution in [0, 0.1) is 0 Å².